The molecule has 0 heterocycles. The normalized spacial score (nSPS) is 17.5. The summed E-state index contributed by atoms with van der Waals surface area (Å²) in [6, 6.07) is 1.57. The molecule has 0 bridgehead atoms. The summed E-state index contributed by atoms with van der Waals surface area (Å²) >= 11 is 0. The van der Waals surface area contributed by atoms with E-state index >= 15 is 0 Å². The molecule has 4 heteroatoms. The number of benzene rings is 1. The fourth-order valence-corrected chi connectivity index (χ4v) is 2.10. The van der Waals surface area contributed by atoms with Crippen molar-refractivity contribution in [2.24, 2.45) is 11.1 Å². The Labute approximate surface area is 92.5 Å². The Hall–Kier alpha value is -1.03. The van der Waals surface area contributed by atoms with Crippen molar-refractivity contribution in [3.8, 4) is 0 Å². The van der Waals surface area contributed by atoms with Crippen molar-refractivity contribution < 1.29 is 13.2 Å². The molecule has 2 rings (SSSR count). The van der Waals surface area contributed by atoms with Crippen LogP contribution in [-0.4, -0.2) is 6.54 Å². The van der Waals surface area contributed by atoms with Crippen LogP contribution in [0, 0.1) is 22.9 Å². The second kappa shape index (κ2) is 4.09. The van der Waals surface area contributed by atoms with E-state index < -0.39 is 17.5 Å². The molecule has 0 radical (unpaired) electrons. The highest BCUT2D eigenvalue weighted by Crippen LogP contribution is 2.51. The van der Waals surface area contributed by atoms with E-state index in [-0.39, 0.29) is 11.0 Å². The molecule has 1 aromatic rings. The molecule has 0 saturated heterocycles. The van der Waals surface area contributed by atoms with E-state index in [1.807, 2.05) is 0 Å². The zero-order valence-electron chi connectivity index (χ0n) is 8.90. The Kier molecular flexibility index (Phi) is 2.93. The number of halogens is 3. The minimum absolute atomic E-state index is 0.0276. The van der Waals surface area contributed by atoms with Crippen molar-refractivity contribution in [3.63, 3.8) is 0 Å². The van der Waals surface area contributed by atoms with Gasteiger partial charge in [-0.05, 0) is 49.3 Å². The van der Waals surface area contributed by atoms with Gasteiger partial charge in [0, 0.05) is 6.07 Å². The predicted octanol–water partition coefficient (Wildman–Crippen LogP) is 2.78. The molecule has 0 atom stereocenters. The quantitative estimate of drug-likeness (QED) is 0.789. The van der Waals surface area contributed by atoms with Gasteiger partial charge in [0.15, 0.2) is 11.6 Å². The Morgan fingerprint density at radius 2 is 1.69 bits per heavy atom. The summed E-state index contributed by atoms with van der Waals surface area (Å²) in [7, 11) is 0. The van der Waals surface area contributed by atoms with Crippen LogP contribution in [0.15, 0.2) is 12.1 Å². The van der Waals surface area contributed by atoms with Crippen LogP contribution in [0.1, 0.15) is 24.8 Å². The molecule has 1 aliphatic carbocycles. The third-order valence-corrected chi connectivity index (χ3v) is 3.29. The second-order valence-corrected chi connectivity index (χ2v) is 4.57. The number of nitrogens with two attached hydrogens (primary N) is 1. The van der Waals surface area contributed by atoms with Gasteiger partial charge >= 0.3 is 0 Å². The van der Waals surface area contributed by atoms with E-state index in [1.165, 1.54) is 0 Å². The molecule has 0 spiro atoms. The molecule has 1 fully saturated rings. The summed E-state index contributed by atoms with van der Waals surface area (Å²) in [6.45, 7) is 0.547. The molecule has 0 aromatic heterocycles. The van der Waals surface area contributed by atoms with Crippen molar-refractivity contribution in [2.45, 2.75) is 25.7 Å². The van der Waals surface area contributed by atoms with E-state index in [9.17, 15) is 13.2 Å². The maximum Gasteiger partial charge on any atom is 0.161 e. The zero-order valence-corrected chi connectivity index (χ0v) is 8.90. The predicted molar refractivity (Wildman–Crippen MR) is 55.4 cm³/mol. The average molecular weight is 229 g/mol. The summed E-state index contributed by atoms with van der Waals surface area (Å²) in [5.41, 5.74) is 5.75. The van der Waals surface area contributed by atoms with Crippen molar-refractivity contribution >= 4 is 0 Å². The van der Waals surface area contributed by atoms with Gasteiger partial charge in [-0.3, -0.25) is 0 Å². The lowest BCUT2D eigenvalue weighted by atomic mass is 9.93. The minimum atomic E-state index is -1.13. The molecule has 1 aliphatic rings. The highest BCUT2D eigenvalue weighted by molar-refractivity contribution is 5.23. The SMILES string of the molecule is NCCC1(Cc2cc(F)c(F)cc2F)CC1. The van der Waals surface area contributed by atoms with E-state index in [0.29, 0.717) is 19.0 Å². The summed E-state index contributed by atoms with van der Waals surface area (Å²) in [5.74, 6) is -2.79. The van der Waals surface area contributed by atoms with Crippen LogP contribution in [-0.2, 0) is 6.42 Å². The first-order valence-corrected chi connectivity index (χ1v) is 5.40. The first kappa shape index (κ1) is 11.5. The van der Waals surface area contributed by atoms with E-state index in [0.717, 1.165) is 25.3 Å². The van der Waals surface area contributed by atoms with E-state index in [2.05, 4.69) is 0 Å². The van der Waals surface area contributed by atoms with Crippen molar-refractivity contribution in [3.05, 3.63) is 35.1 Å². The Bertz CT molecular complexity index is 399. The van der Waals surface area contributed by atoms with Crippen LogP contribution in [0.4, 0.5) is 13.2 Å². The molecule has 0 unspecified atom stereocenters. The summed E-state index contributed by atoms with van der Waals surface area (Å²) < 4.78 is 39.1. The monoisotopic (exact) mass is 229 g/mol. The molecular formula is C12H14F3N. The van der Waals surface area contributed by atoms with Gasteiger partial charge in [-0.25, -0.2) is 13.2 Å². The lowest BCUT2D eigenvalue weighted by Crippen LogP contribution is -2.13. The highest BCUT2D eigenvalue weighted by atomic mass is 19.2. The Morgan fingerprint density at radius 3 is 2.25 bits per heavy atom. The molecule has 88 valence electrons. The lowest BCUT2D eigenvalue weighted by Gasteiger charge is -2.14. The fraction of sp³-hybridized carbons (Fsp3) is 0.500. The number of rotatable bonds is 4. The largest absolute Gasteiger partial charge is 0.330 e. The molecule has 0 aliphatic heterocycles. The van der Waals surface area contributed by atoms with E-state index in [1.54, 1.807) is 0 Å². The standard InChI is InChI=1S/C12H14F3N/c13-9-6-11(15)10(14)5-8(9)7-12(1-2-12)3-4-16/h5-6H,1-4,7,16H2. The van der Waals surface area contributed by atoms with Gasteiger partial charge in [-0.2, -0.15) is 0 Å². The molecule has 1 aromatic carbocycles. The van der Waals surface area contributed by atoms with Gasteiger partial charge in [0.2, 0.25) is 0 Å². The third-order valence-electron chi connectivity index (χ3n) is 3.29. The van der Waals surface area contributed by atoms with E-state index in [4.69, 9.17) is 5.73 Å². The molecule has 1 nitrogen and oxygen atoms in total. The maximum atomic E-state index is 13.4. The van der Waals surface area contributed by atoms with Gasteiger partial charge in [0.05, 0.1) is 0 Å². The first-order valence-electron chi connectivity index (χ1n) is 5.40. The average Bonchev–Trinajstić information content (AvgIpc) is 2.95. The van der Waals surface area contributed by atoms with Crippen molar-refractivity contribution in [1.82, 2.24) is 0 Å². The molecule has 16 heavy (non-hydrogen) atoms. The first-order chi connectivity index (χ1) is 7.56. The number of hydrogen-bond acceptors (Lipinski definition) is 1. The van der Waals surface area contributed by atoms with Gasteiger partial charge in [-0.1, -0.05) is 0 Å². The lowest BCUT2D eigenvalue weighted by molar-refractivity contribution is 0.446. The second-order valence-electron chi connectivity index (χ2n) is 4.57. The van der Waals surface area contributed by atoms with Gasteiger partial charge in [0.25, 0.3) is 0 Å². The molecule has 2 N–H and O–H groups in total. The topological polar surface area (TPSA) is 26.0 Å². The molecule has 0 amide bonds. The Balaban J connectivity index is 2.18. The van der Waals surface area contributed by atoms with Gasteiger partial charge in [-0.15, -0.1) is 0 Å². The maximum absolute atomic E-state index is 13.4. The van der Waals surface area contributed by atoms with Crippen molar-refractivity contribution in [2.75, 3.05) is 6.54 Å². The Morgan fingerprint density at radius 1 is 1.06 bits per heavy atom. The molecular weight excluding hydrogens is 215 g/mol. The fourth-order valence-electron chi connectivity index (χ4n) is 2.10. The molecule has 1 saturated carbocycles. The van der Waals surface area contributed by atoms with Crippen LogP contribution in [0.2, 0.25) is 0 Å². The van der Waals surface area contributed by atoms with Gasteiger partial charge < -0.3 is 5.73 Å². The minimum Gasteiger partial charge on any atom is -0.330 e. The summed E-state index contributed by atoms with van der Waals surface area (Å²) in [5, 5.41) is 0. The zero-order chi connectivity index (χ0) is 11.8. The third kappa shape index (κ3) is 2.21. The van der Waals surface area contributed by atoms with Crippen LogP contribution < -0.4 is 5.73 Å². The van der Waals surface area contributed by atoms with Crippen LogP contribution in [0.25, 0.3) is 0 Å². The van der Waals surface area contributed by atoms with Crippen LogP contribution in [0.3, 0.4) is 0 Å². The van der Waals surface area contributed by atoms with Crippen LogP contribution in [0.5, 0.6) is 0 Å². The van der Waals surface area contributed by atoms with Gasteiger partial charge in [0.1, 0.15) is 5.82 Å². The highest BCUT2D eigenvalue weighted by Gasteiger charge is 2.42. The summed E-state index contributed by atoms with van der Waals surface area (Å²) in [6.07, 6.45) is 3.24. The van der Waals surface area contributed by atoms with Crippen molar-refractivity contribution in [1.29, 1.82) is 0 Å². The summed E-state index contributed by atoms with van der Waals surface area (Å²) in [4.78, 5) is 0. The van der Waals surface area contributed by atoms with Crippen LogP contribution >= 0.6 is 0 Å². The smallest absolute Gasteiger partial charge is 0.161 e. The number of hydrogen-bond donors (Lipinski definition) is 1.